The Morgan fingerprint density at radius 1 is 1.09 bits per heavy atom. The van der Waals surface area contributed by atoms with Gasteiger partial charge in [0.1, 0.15) is 11.3 Å². The van der Waals surface area contributed by atoms with Crippen LogP contribution in [0.2, 0.25) is 0 Å². The molecular weight excluding hydrogens is 286 g/mol. The molecule has 0 unspecified atom stereocenters. The molecule has 0 saturated carbocycles. The third kappa shape index (κ3) is 3.72. The zero-order chi connectivity index (χ0) is 16.1. The molecule has 0 spiro atoms. The van der Waals surface area contributed by atoms with Gasteiger partial charge in [-0.2, -0.15) is 0 Å². The number of para-hydroxylation sites is 1. The van der Waals surface area contributed by atoms with E-state index in [2.05, 4.69) is 40.7 Å². The van der Waals surface area contributed by atoms with E-state index in [9.17, 15) is 0 Å². The summed E-state index contributed by atoms with van der Waals surface area (Å²) >= 11 is 0. The highest BCUT2D eigenvalue weighted by atomic mass is 16.3. The average molecular weight is 307 g/mol. The molecule has 0 aliphatic carbocycles. The molecule has 0 radical (unpaired) electrons. The quantitative estimate of drug-likeness (QED) is 0.568. The minimum Gasteiger partial charge on any atom is -0.459 e. The van der Waals surface area contributed by atoms with Crippen LogP contribution in [0.25, 0.3) is 11.0 Å². The summed E-state index contributed by atoms with van der Waals surface area (Å²) in [4.78, 5) is 4.28. The zero-order valence-corrected chi connectivity index (χ0v) is 13.4. The number of nitrogens with one attached hydrogen (secondary N) is 2. The van der Waals surface area contributed by atoms with Gasteiger partial charge in [0.05, 0.1) is 12.6 Å². The lowest BCUT2D eigenvalue weighted by Gasteiger charge is -2.17. The Balaban J connectivity index is 1.61. The van der Waals surface area contributed by atoms with Crippen LogP contribution >= 0.6 is 0 Å². The van der Waals surface area contributed by atoms with Gasteiger partial charge < -0.3 is 15.1 Å². The summed E-state index contributed by atoms with van der Waals surface area (Å²) in [5.41, 5.74) is 2.13. The third-order valence-electron chi connectivity index (χ3n) is 3.78. The Bertz CT molecular complexity index is 759. The van der Waals surface area contributed by atoms with E-state index in [1.54, 1.807) is 7.05 Å². The molecule has 3 aromatic rings. The maximum absolute atomic E-state index is 5.81. The Morgan fingerprint density at radius 3 is 2.57 bits per heavy atom. The van der Waals surface area contributed by atoms with Crippen LogP contribution in [-0.4, -0.2) is 13.0 Å². The number of benzene rings is 2. The highest BCUT2D eigenvalue weighted by Gasteiger charge is 2.08. The number of nitrogens with zero attached hydrogens (tertiary/aromatic N) is 1. The summed E-state index contributed by atoms with van der Waals surface area (Å²) in [6, 6.07) is 20.5. The molecule has 2 N–H and O–H groups in total. The molecule has 2 aromatic carbocycles. The smallest absolute Gasteiger partial charge is 0.191 e. The molecule has 1 heterocycles. The fraction of sp³-hybridized carbons (Fsp3) is 0.211. The van der Waals surface area contributed by atoms with Gasteiger partial charge in [-0.25, -0.2) is 0 Å². The van der Waals surface area contributed by atoms with Gasteiger partial charge in [0.15, 0.2) is 5.96 Å². The molecule has 4 nitrogen and oxygen atoms in total. The van der Waals surface area contributed by atoms with Gasteiger partial charge in [-0.3, -0.25) is 4.99 Å². The van der Waals surface area contributed by atoms with Gasteiger partial charge >= 0.3 is 0 Å². The summed E-state index contributed by atoms with van der Waals surface area (Å²) in [7, 11) is 1.77. The van der Waals surface area contributed by atoms with Crippen molar-refractivity contribution in [2.45, 2.75) is 19.5 Å². The Labute approximate surface area is 136 Å². The van der Waals surface area contributed by atoms with E-state index in [0.717, 1.165) is 22.7 Å². The zero-order valence-electron chi connectivity index (χ0n) is 13.4. The molecule has 1 aromatic heterocycles. The lowest BCUT2D eigenvalue weighted by Crippen LogP contribution is -2.38. The number of guanidine groups is 1. The number of aliphatic imine (C=N–C) groups is 1. The number of fused-ring (bicyclic) bond motifs is 1. The predicted octanol–water partition coefficient (Wildman–Crippen LogP) is 3.86. The van der Waals surface area contributed by atoms with Gasteiger partial charge in [0.25, 0.3) is 0 Å². The second kappa shape index (κ2) is 7.01. The predicted molar refractivity (Wildman–Crippen MR) is 94.4 cm³/mol. The highest BCUT2D eigenvalue weighted by Crippen LogP contribution is 2.18. The lowest BCUT2D eigenvalue weighted by molar-refractivity contribution is 0.536. The van der Waals surface area contributed by atoms with E-state index in [1.165, 1.54) is 5.56 Å². The molecule has 23 heavy (non-hydrogen) atoms. The summed E-state index contributed by atoms with van der Waals surface area (Å²) in [5, 5.41) is 7.79. The average Bonchev–Trinajstić information content (AvgIpc) is 3.02. The van der Waals surface area contributed by atoms with Crippen LogP contribution in [0.15, 0.2) is 70.1 Å². The van der Waals surface area contributed by atoms with Crippen molar-refractivity contribution in [2.75, 3.05) is 7.05 Å². The fourth-order valence-electron chi connectivity index (χ4n) is 2.52. The molecule has 1 atom stereocenters. The van der Waals surface area contributed by atoms with E-state index in [0.29, 0.717) is 6.54 Å². The van der Waals surface area contributed by atoms with Crippen LogP contribution < -0.4 is 10.6 Å². The van der Waals surface area contributed by atoms with Crippen molar-refractivity contribution in [1.29, 1.82) is 0 Å². The van der Waals surface area contributed by atoms with E-state index < -0.39 is 0 Å². The van der Waals surface area contributed by atoms with Crippen LogP contribution in [0.5, 0.6) is 0 Å². The number of furan rings is 1. The van der Waals surface area contributed by atoms with Gasteiger partial charge in [0, 0.05) is 12.4 Å². The standard InChI is InChI=1S/C19H21N3O/c1-14(15-8-4-3-5-9-15)22-19(20-2)21-13-17-12-16-10-6-7-11-18(16)23-17/h3-12,14H,13H2,1-2H3,(H2,20,21,22)/t14-/m1/s1. The van der Waals surface area contributed by atoms with Crippen molar-refractivity contribution in [3.05, 3.63) is 72.0 Å². The summed E-state index contributed by atoms with van der Waals surface area (Å²) in [6.45, 7) is 2.71. The second-order valence-corrected chi connectivity index (χ2v) is 5.45. The first kappa shape index (κ1) is 15.2. The Morgan fingerprint density at radius 2 is 1.83 bits per heavy atom. The van der Waals surface area contributed by atoms with Gasteiger partial charge in [0.2, 0.25) is 0 Å². The second-order valence-electron chi connectivity index (χ2n) is 5.45. The van der Waals surface area contributed by atoms with Crippen LogP contribution in [0.1, 0.15) is 24.3 Å². The molecule has 0 aliphatic rings. The molecule has 4 heteroatoms. The molecular formula is C19H21N3O. The summed E-state index contributed by atoms with van der Waals surface area (Å²) < 4.78 is 5.81. The normalized spacial score (nSPS) is 13.0. The molecule has 3 rings (SSSR count). The number of hydrogen-bond acceptors (Lipinski definition) is 2. The van der Waals surface area contributed by atoms with E-state index in [4.69, 9.17) is 4.42 Å². The molecule has 0 bridgehead atoms. The van der Waals surface area contributed by atoms with Crippen molar-refractivity contribution >= 4 is 16.9 Å². The molecule has 0 saturated heterocycles. The van der Waals surface area contributed by atoms with Gasteiger partial charge in [-0.15, -0.1) is 0 Å². The molecule has 0 fully saturated rings. The van der Waals surface area contributed by atoms with Crippen molar-refractivity contribution in [1.82, 2.24) is 10.6 Å². The van der Waals surface area contributed by atoms with Crippen LogP contribution in [0.4, 0.5) is 0 Å². The first-order valence-corrected chi connectivity index (χ1v) is 7.76. The minimum absolute atomic E-state index is 0.179. The van der Waals surface area contributed by atoms with Crippen LogP contribution in [0.3, 0.4) is 0 Å². The number of rotatable bonds is 4. The van der Waals surface area contributed by atoms with Gasteiger partial charge in [-0.1, -0.05) is 48.5 Å². The van der Waals surface area contributed by atoms with Crippen molar-refractivity contribution in [2.24, 2.45) is 4.99 Å². The highest BCUT2D eigenvalue weighted by molar-refractivity contribution is 5.80. The molecule has 0 amide bonds. The third-order valence-corrected chi connectivity index (χ3v) is 3.78. The topological polar surface area (TPSA) is 49.6 Å². The van der Waals surface area contributed by atoms with E-state index >= 15 is 0 Å². The van der Waals surface area contributed by atoms with E-state index in [-0.39, 0.29) is 6.04 Å². The van der Waals surface area contributed by atoms with Crippen LogP contribution in [-0.2, 0) is 6.54 Å². The molecule has 118 valence electrons. The summed E-state index contributed by atoms with van der Waals surface area (Å²) in [6.07, 6.45) is 0. The lowest BCUT2D eigenvalue weighted by atomic mass is 10.1. The SMILES string of the molecule is CN=C(NCc1cc2ccccc2o1)N[C@H](C)c1ccccc1. The Hall–Kier alpha value is -2.75. The maximum Gasteiger partial charge on any atom is 0.191 e. The number of hydrogen-bond donors (Lipinski definition) is 2. The maximum atomic E-state index is 5.81. The first-order chi connectivity index (χ1) is 11.3. The van der Waals surface area contributed by atoms with Gasteiger partial charge in [-0.05, 0) is 24.6 Å². The van der Waals surface area contributed by atoms with E-state index in [1.807, 2.05) is 42.5 Å². The summed E-state index contributed by atoms with van der Waals surface area (Å²) in [5.74, 6) is 1.64. The fourth-order valence-corrected chi connectivity index (χ4v) is 2.52. The van der Waals surface area contributed by atoms with Crippen molar-refractivity contribution in [3.63, 3.8) is 0 Å². The monoisotopic (exact) mass is 307 g/mol. The molecule has 0 aliphatic heterocycles. The van der Waals surface area contributed by atoms with Crippen molar-refractivity contribution < 1.29 is 4.42 Å². The Kier molecular flexibility index (Phi) is 4.62. The van der Waals surface area contributed by atoms with Crippen molar-refractivity contribution in [3.8, 4) is 0 Å². The largest absolute Gasteiger partial charge is 0.459 e. The minimum atomic E-state index is 0.179. The van der Waals surface area contributed by atoms with Crippen LogP contribution in [0, 0.1) is 0 Å². The first-order valence-electron chi connectivity index (χ1n) is 7.76.